The minimum absolute atomic E-state index is 0.0190. The van der Waals surface area contributed by atoms with Gasteiger partial charge >= 0.3 is 5.97 Å². The van der Waals surface area contributed by atoms with E-state index in [-0.39, 0.29) is 24.2 Å². The number of likely N-dealkylation sites (N-methyl/N-ethyl adjacent to an activating group) is 1. The Hall–Kier alpha value is -2.83. The minimum atomic E-state index is -0.745. The molecule has 0 unspecified atom stereocenters. The number of H-pyrrole nitrogens is 1. The number of aromatic nitrogens is 1. The van der Waals surface area contributed by atoms with E-state index in [1.807, 2.05) is 44.3 Å². The molecule has 7 heteroatoms. The molecule has 3 N–H and O–H groups in total. The molecule has 2 rings (SSSR count). The zero-order valence-electron chi connectivity index (χ0n) is 19.4. The van der Waals surface area contributed by atoms with Crippen molar-refractivity contribution in [3.05, 3.63) is 36.0 Å². The Morgan fingerprint density at radius 3 is 2.39 bits per heavy atom. The van der Waals surface area contributed by atoms with Crippen molar-refractivity contribution in [1.82, 2.24) is 15.6 Å². The number of ether oxygens (including phenoxy) is 1. The Kier molecular flexibility index (Phi) is 8.25. The lowest BCUT2D eigenvalue weighted by Gasteiger charge is -2.24. The molecule has 31 heavy (non-hydrogen) atoms. The molecule has 170 valence electrons. The second-order valence-electron chi connectivity index (χ2n) is 9.36. The summed E-state index contributed by atoms with van der Waals surface area (Å²) < 4.78 is 5.40. The van der Waals surface area contributed by atoms with Crippen LogP contribution < -0.4 is 10.6 Å². The predicted octanol–water partition coefficient (Wildman–Crippen LogP) is 3.34. The van der Waals surface area contributed by atoms with Gasteiger partial charge in [-0.05, 0) is 44.7 Å². The molecule has 0 radical (unpaired) electrons. The Bertz CT molecular complexity index is 911. The lowest BCUT2D eigenvalue weighted by atomic mass is 9.92. The number of esters is 1. The smallest absolute Gasteiger partial charge is 0.307 e. The van der Waals surface area contributed by atoms with E-state index in [4.69, 9.17) is 4.74 Å². The van der Waals surface area contributed by atoms with E-state index in [0.717, 1.165) is 16.5 Å². The number of nitrogens with one attached hydrogen (secondary N) is 3. The van der Waals surface area contributed by atoms with Gasteiger partial charge in [-0.25, -0.2) is 0 Å². The fraction of sp³-hybridized carbons (Fsp3) is 0.542. The summed E-state index contributed by atoms with van der Waals surface area (Å²) in [7, 11) is 1.54. The van der Waals surface area contributed by atoms with Crippen molar-refractivity contribution in [2.75, 3.05) is 7.05 Å². The summed E-state index contributed by atoms with van der Waals surface area (Å²) in [5.41, 5.74) is 1.30. The van der Waals surface area contributed by atoms with Gasteiger partial charge in [0.2, 0.25) is 11.8 Å². The van der Waals surface area contributed by atoms with Gasteiger partial charge in [0.1, 0.15) is 11.6 Å². The van der Waals surface area contributed by atoms with Gasteiger partial charge in [0.05, 0.1) is 6.42 Å². The summed E-state index contributed by atoms with van der Waals surface area (Å²) in [6.45, 7) is 9.39. The van der Waals surface area contributed by atoms with Crippen LogP contribution in [0.15, 0.2) is 30.5 Å². The highest BCUT2D eigenvalue weighted by atomic mass is 16.6. The largest absolute Gasteiger partial charge is 0.460 e. The van der Waals surface area contributed by atoms with Gasteiger partial charge in [-0.15, -0.1) is 0 Å². The van der Waals surface area contributed by atoms with E-state index in [1.165, 1.54) is 0 Å². The summed E-state index contributed by atoms with van der Waals surface area (Å²) >= 11 is 0. The number of benzene rings is 1. The molecule has 1 heterocycles. The van der Waals surface area contributed by atoms with Crippen LogP contribution in [0.5, 0.6) is 0 Å². The number of para-hydroxylation sites is 1. The van der Waals surface area contributed by atoms with E-state index in [9.17, 15) is 14.4 Å². The molecule has 0 bridgehead atoms. The van der Waals surface area contributed by atoms with Crippen molar-refractivity contribution < 1.29 is 19.1 Å². The van der Waals surface area contributed by atoms with E-state index in [0.29, 0.717) is 12.8 Å². The third-order valence-corrected chi connectivity index (χ3v) is 4.94. The number of hydrogen-bond donors (Lipinski definition) is 3. The zero-order chi connectivity index (χ0) is 23.2. The van der Waals surface area contributed by atoms with Crippen molar-refractivity contribution >= 4 is 28.7 Å². The van der Waals surface area contributed by atoms with Gasteiger partial charge < -0.3 is 20.4 Å². The zero-order valence-corrected chi connectivity index (χ0v) is 19.4. The van der Waals surface area contributed by atoms with Crippen LogP contribution in [0, 0.1) is 11.8 Å². The van der Waals surface area contributed by atoms with Crippen LogP contribution in [0.25, 0.3) is 10.9 Å². The maximum Gasteiger partial charge on any atom is 0.307 e. The summed E-state index contributed by atoms with van der Waals surface area (Å²) in [5.74, 6) is -1.36. The fourth-order valence-corrected chi connectivity index (χ4v) is 3.63. The predicted molar refractivity (Wildman–Crippen MR) is 121 cm³/mol. The lowest BCUT2D eigenvalue weighted by Crippen LogP contribution is -2.49. The second kappa shape index (κ2) is 10.5. The molecule has 2 atom stereocenters. The molecule has 0 aliphatic rings. The first-order chi connectivity index (χ1) is 14.5. The normalized spacial score (nSPS) is 13.6. The second-order valence-corrected chi connectivity index (χ2v) is 9.36. The summed E-state index contributed by atoms with van der Waals surface area (Å²) in [6.07, 6.45) is 2.71. The molecule has 0 saturated heterocycles. The molecule has 2 aromatic rings. The van der Waals surface area contributed by atoms with Crippen LogP contribution in [-0.4, -0.2) is 41.5 Å². The molecular formula is C24H35N3O4. The first-order valence-corrected chi connectivity index (χ1v) is 10.8. The number of aromatic amines is 1. The van der Waals surface area contributed by atoms with Crippen LogP contribution in [0.1, 0.15) is 53.0 Å². The maximum absolute atomic E-state index is 13.1. The van der Waals surface area contributed by atoms with E-state index >= 15 is 0 Å². The number of amides is 2. The van der Waals surface area contributed by atoms with Crippen molar-refractivity contribution in [3.63, 3.8) is 0 Å². The molecule has 0 aliphatic heterocycles. The fourth-order valence-electron chi connectivity index (χ4n) is 3.63. The standard InChI is InChI=1S/C24H35N3O4/c1-15(2)11-16(13-21(28)31-24(3,4)5)22(29)27-20(23(30)25-6)12-17-14-26-19-10-8-7-9-18(17)19/h7-10,14-16,20,26H,11-13H2,1-6H3,(H,25,30)(H,27,29)/t16-,20-/m0/s1. The summed E-state index contributed by atoms with van der Waals surface area (Å²) in [5, 5.41) is 6.51. The van der Waals surface area contributed by atoms with Gasteiger partial charge in [0.25, 0.3) is 0 Å². The Balaban J connectivity index is 2.17. The molecule has 0 spiro atoms. The monoisotopic (exact) mass is 429 g/mol. The van der Waals surface area contributed by atoms with Crippen molar-refractivity contribution in [3.8, 4) is 0 Å². The average molecular weight is 430 g/mol. The average Bonchev–Trinajstić information content (AvgIpc) is 3.07. The number of carbonyl (C=O) groups excluding carboxylic acids is 3. The van der Waals surface area contributed by atoms with Crippen LogP contribution in [0.2, 0.25) is 0 Å². The van der Waals surface area contributed by atoms with Crippen LogP contribution in [0.4, 0.5) is 0 Å². The molecule has 1 aromatic carbocycles. The highest BCUT2D eigenvalue weighted by molar-refractivity contribution is 5.91. The SMILES string of the molecule is CNC(=O)[C@H](Cc1c[nH]c2ccccc12)NC(=O)[C@H](CC(=O)OC(C)(C)C)CC(C)C. The van der Waals surface area contributed by atoms with Crippen LogP contribution in [-0.2, 0) is 25.5 Å². The van der Waals surface area contributed by atoms with Crippen LogP contribution >= 0.6 is 0 Å². The first-order valence-electron chi connectivity index (χ1n) is 10.8. The lowest BCUT2D eigenvalue weighted by molar-refractivity contribution is -0.157. The first kappa shape index (κ1) is 24.4. The van der Waals surface area contributed by atoms with E-state index in [2.05, 4.69) is 15.6 Å². The Labute approximate surface area is 184 Å². The highest BCUT2D eigenvalue weighted by Crippen LogP contribution is 2.21. The molecular weight excluding hydrogens is 394 g/mol. The van der Waals surface area contributed by atoms with Crippen LogP contribution in [0.3, 0.4) is 0 Å². The third kappa shape index (κ3) is 7.42. The summed E-state index contributed by atoms with van der Waals surface area (Å²) in [6, 6.07) is 7.07. The number of hydrogen-bond acceptors (Lipinski definition) is 4. The molecule has 2 amide bonds. The Morgan fingerprint density at radius 2 is 1.77 bits per heavy atom. The Morgan fingerprint density at radius 1 is 1.10 bits per heavy atom. The molecule has 0 fully saturated rings. The number of carbonyl (C=O) groups is 3. The third-order valence-electron chi connectivity index (χ3n) is 4.94. The molecule has 0 aliphatic carbocycles. The van der Waals surface area contributed by atoms with Crippen molar-refractivity contribution in [1.29, 1.82) is 0 Å². The van der Waals surface area contributed by atoms with Gasteiger partial charge in [-0.2, -0.15) is 0 Å². The van der Waals surface area contributed by atoms with Crippen molar-refractivity contribution in [2.24, 2.45) is 11.8 Å². The van der Waals surface area contributed by atoms with Gasteiger partial charge in [-0.3, -0.25) is 14.4 Å². The molecule has 1 aromatic heterocycles. The summed E-state index contributed by atoms with van der Waals surface area (Å²) in [4.78, 5) is 41.2. The highest BCUT2D eigenvalue weighted by Gasteiger charge is 2.29. The van der Waals surface area contributed by atoms with Gasteiger partial charge in [0, 0.05) is 36.5 Å². The minimum Gasteiger partial charge on any atom is -0.460 e. The quantitative estimate of drug-likeness (QED) is 0.532. The van der Waals surface area contributed by atoms with E-state index in [1.54, 1.807) is 27.8 Å². The molecule has 0 saturated carbocycles. The van der Waals surface area contributed by atoms with Gasteiger partial charge in [-0.1, -0.05) is 32.0 Å². The van der Waals surface area contributed by atoms with E-state index < -0.39 is 23.5 Å². The molecule has 7 nitrogen and oxygen atoms in total. The topological polar surface area (TPSA) is 100 Å². The maximum atomic E-state index is 13.1. The van der Waals surface area contributed by atoms with Gasteiger partial charge in [0.15, 0.2) is 0 Å². The number of rotatable bonds is 9. The number of fused-ring (bicyclic) bond motifs is 1. The van der Waals surface area contributed by atoms with Crippen molar-refractivity contribution in [2.45, 2.75) is 65.5 Å².